The second-order valence-electron chi connectivity index (χ2n) is 5.50. The summed E-state index contributed by atoms with van der Waals surface area (Å²) >= 11 is 0. The fraction of sp³-hybridized carbons (Fsp3) is 0.846. The van der Waals surface area contributed by atoms with Gasteiger partial charge in [0.15, 0.2) is 0 Å². The first-order chi connectivity index (χ1) is 7.86. The van der Waals surface area contributed by atoms with Gasteiger partial charge in [0, 0.05) is 11.8 Å². The number of aromatic nitrogens is 3. The number of H-pyrrole nitrogens is 1. The number of nitrogens with one attached hydrogen (secondary N) is 1. The van der Waals surface area contributed by atoms with E-state index < -0.39 is 0 Å². The summed E-state index contributed by atoms with van der Waals surface area (Å²) in [4.78, 5) is 3.46. The van der Waals surface area contributed by atoms with Gasteiger partial charge in [0.05, 0.1) is 0 Å². The summed E-state index contributed by atoms with van der Waals surface area (Å²) in [6.07, 6.45) is 9.31. The Kier molecular flexibility index (Phi) is 2.70. The molecule has 2 aliphatic carbocycles. The average Bonchev–Trinajstić information content (AvgIpc) is 3.08. The molecule has 88 valence electrons. The van der Waals surface area contributed by atoms with Crippen LogP contribution in [-0.2, 0) is 0 Å². The zero-order valence-electron chi connectivity index (χ0n) is 10.1. The number of hydrogen-bond acceptors (Lipinski definition) is 2. The van der Waals surface area contributed by atoms with Gasteiger partial charge >= 0.3 is 0 Å². The van der Waals surface area contributed by atoms with Crippen molar-refractivity contribution in [3.05, 3.63) is 11.6 Å². The Hall–Kier alpha value is -0.860. The van der Waals surface area contributed by atoms with Gasteiger partial charge in [0.1, 0.15) is 11.6 Å². The Labute approximate surface area is 97.1 Å². The summed E-state index contributed by atoms with van der Waals surface area (Å²) in [6, 6.07) is 0. The molecule has 0 aliphatic heterocycles. The molecule has 3 rings (SSSR count). The molecule has 1 aromatic rings. The van der Waals surface area contributed by atoms with Crippen LogP contribution in [0.5, 0.6) is 0 Å². The summed E-state index contributed by atoms with van der Waals surface area (Å²) < 4.78 is 0. The van der Waals surface area contributed by atoms with Crippen molar-refractivity contribution in [3.63, 3.8) is 0 Å². The van der Waals surface area contributed by atoms with E-state index in [0.29, 0.717) is 11.8 Å². The zero-order valence-corrected chi connectivity index (χ0v) is 10.1. The lowest BCUT2D eigenvalue weighted by Gasteiger charge is -2.26. The summed E-state index contributed by atoms with van der Waals surface area (Å²) in [5, 5.41) is 8.63. The molecular formula is C13H21N3. The van der Waals surface area contributed by atoms with Crippen LogP contribution in [0.3, 0.4) is 0 Å². The fourth-order valence-corrected chi connectivity index (χ4v) is 2.86. The van der Waals surface area contributed by atoms with Crippen LogP contribution in [0.1, 0.15) is 75.4 Å². The van der Waals surface area contributed by atoms with Crippen LogP contribution in [0, 0.1) is 5.92 Å². The van der Waals surface area contributed by atoms with Crippen LogP contribution in [0.15, 0.2) is 0 Å². The second-order valence-corrected chi connectivity index (χ2v) is 5.50. The molecule has 0 aromatic carbocycles. The maximum atomic E-state index is 4.35. The quantitative estimate of drug-likeness (QED) is 0.846. The van der Waals surface area contributed by atoms with Crippen molar-refractivity contribution in [2.75, 3.05) is 0 Å². The predicted octanol–water partition coefficient (Wildman–Crippen LogP) is 3.37. The van der Waals surface area contributed by atoms with Crippen molar-refractivity contribution in [2.24, 2.45) is 5.92 Å². The van der Waals surface area contributed by atoms with Crippen molar-refractivity contribution >= 4 is 0 Å². The molecule has 3 nitrogen and oxygen atoms in total. The Balaban J connectivity index is 1.63. The molecule has 0 saturated heterocycles. The minimum atomic E-state index is 0.655. The van der Waals surface area contributed by atoms with E-state index in [4.69, 9.17) is 0 Å². The first-order valence-electron chi connectivity index (χ1n) is 6.79. The molecule has 0 amide bonds. The van der Waals surface area contributed by atoms with E-state index in [2.05, 4.69) is 22.1 Å². The van der Waals surface area contributed by atoms with Crippen molar-refractivity contribution in [2.45, 2.75) is 63.7 Å². The fourth-order valence-electron chi connectivity index (χ4n) is 2.86. The minimum Gasteiger partial charge on any atom is -0.328 e. The van der Waals surface area contributed by atoms with Crippen LogP contribution in [0.25, 0.3) is 0 Å². The highest BCUT2D eigenvalue weighted by atomic mass is 15.2. The number of nitrogens with zero attached hydrogens (tertiary/aromatic N) is 2. The number of aromatic amines is 1. The Morgan fingerprint density at radius 1 is 0.938 bits per heavy atom. The van der Waals surface area contributed by atoms with Gasteiger partial charge < -0.3 is 4.98 Å². The van der Waals surface area contributed by atoms with E-state index >= 15 is 0 Å². The highest BCUT2D eigenvalue weighted by molar-refractivity contribution is 5.07. The molecule has 0 unspecified atom stereocenters. The van der Waals surface area contributed by atoms with Crippen molar-refractivity contribution < 1.29 is 0 Å². The van der Waals surface area contributed by atoms with Crippen LogP contribution < -0.4 is 0 Å². The third kappa shape index (κ3) is 2.00. The van der Waals surface area contributed by atoms with Gasteiger partial charge in [-0.15, -0.1) is 10.2 Å². The summed E-state index contributed by atoms with van der Waals surface area (Å²) in [5.74, 6) is 4.63. The number of rotatable bonds is 3. The molecule has 2 fully saturated rings. The first kappa shape index (κ1) is 10.3. The lowest BCUT2D eigenvalue weighted by atomic mass is 9.80. The topological polar surface area (TPSA) is 41.6 Å². The van der Waals surface area contributed by atoms with E-state index in [1.807, 2.05) is 0 Å². The van der Waals surface area contributed by atoms with Crippen molar-refractivity contribution in [3.8, 4) is 0 Å². The largest absolute Gasteiger partial charge is 0.328 e. The lowest BCUT2D eigenvalue weighted by Crippen LogP contribution is -2.13. The molecule has 3 heteroatoms. The molecule has 2 aliphatic rings. The molecule has 16 heavy (non-hydrogen) atoms. The third-order valence-corrected chi connectivity index (χ3v) is 4.30. The van der Waals surface area contributed by atoms with Gasteiger partial charge in [-0.25, -0.2) is 0 Å². The predicted molar refractivity (Wildman–Crippen MR) is 63.3 cm³/mol. The normalized spacial score (nSPS) is 30.6. The van der Waals surface area contributed by atoms with E-state index in [0.717, 1.165) is 17.6 Å². The van der Waals surface area contributed by atoms with E-state index in [1.54, 1.807) is 0 Å². The Morgan fingerprint density at radius 3 is 1.88 bits per heavy atom. The molecule has 0 atom stereocenters. The van der Waals surface area contributed by atoms with Crippen LogP contribution in [0.2, 0.25) is 0 Å². The van der Waals surface area contributed by atoms with Crippen molar-refractivity contribution in [1.29, 1.82) is 0 Å². The van der Waals surface area contributed by atoms with E-state index in [1.165, 1.54) is 44.9 Å². The highest BCUT2D eigenvalue weighted by Crippen LogP contribution is 2.40. The molecule has 2 saturated carbocycles. The van der Waals surface area contributed by atoms with Crippen LogP contribution >= 0.6 is 0 Å². The number of hydrogen-bond donors (Lipinski definition) is 1. The smallest absolute Gasteiger partial charge is 0.133 e. The Morgan fingerprint density at radius 2 is 1.44 bits per heavy atom. The maximum Gasteiger partial charge on any atom is 0.133 e. The molecule has 1 aromatic heterocycles. The molecule has 0 bridgehead atoms. The van der Waals surface area contributed by atoms with Gasteiger partial charge in [0.25, 0.3) is 0 Å². The monoisotopic (exact) mass is 219 g/mol. The molecule has 0 spiro atoms. The third-order valence-electron chi connectivity index (χ3n) is 4.30. The van der Waals surface area contributed by atoms with E-state index in [-0.39, 0.29) is 0 Å². The molecular weight excluding hydrogens is 198 g/mol. The molecule has 1 heterocycles. The SMILES string of the molecule is CC[C@H]1CC[C@H](c2nnc(C3CC3)[nH]2)CC1. The summed E-state index contributed by atoms with van der Waals surface area (Å²) in [7, 11) is 0. The molecule has 1 N–H and O–H groups in total. The average molecular weight is 219 g/mol. The van der Waals surface area contributed by atoms with Gasteiger partial charge in [-0.2, -0.15) is 0 Å². The lowest BCUT2D eigenvalue weighted by molar-refractivity contribution is 0.312. The first-order valence-corrected chi connectivity index (χ1v) is 6.79. The van der Waals surface area contributed by atoms with Gasteiger partial charge in [0.2, 0.25) is 0 Å². The highest BCUT2D eigenvalue weighted by Gasteiger charge is 2.29. The summed E-state index contributed by atoms with van der Waals surface area (Å²) in [5.41, 5.74) is 0. The maximum absolute atomic E-state index is 4.35. The zero-order chi connectivity index (χ0) is 11.0. The summed E-state index contributed by atoms with van der Waals surface area (Å²) in [6.45, 7) is 2.31. The Bertz CT molecular complexity index is 346. The second kappa shape index (κ2) is 4.19. The van der Waals surface area contributed by atoms with Crippen LogP contribution in [-0.4, -0.2) is 15.2 Å². The van der Waals surface area contributed by atoms with Crippen molar-refractivity contribution in [1.82, 2.24) is 15.2 Å². The van der Waals surface area contributed by atoms with Crippen LogP contribution in [0.4, 0.5) is 0 Å². The van der Waals surface area contributed by atoms with Gasteiger partial charge in [-0.3, -0.25) is 0 Å². The minimum absolute atomic E-state index is 0.655. The standard InChI is InChI=1S/C13H21N3/c1-2-9-3-5-10(6-4-9)12-14-13(16-15-12)11-7-8-11/h9-11H,2-8H2,1H3,(H,14,15,16)/t9-,10-. The van der Waals surface area contributed by atoms with Gasteiger partial charge in [-0.05, 0) is 44.4 Å². The van der Waals surface area contributed by atoms with Gasteiger partial charge in [-0.1, -0.05) is 13.3 Å². The van der Waals surface area contributed by atoms with E-state index in [9.17, 15) is 0 Å². The molecule has 0 radical (unpaired) electrons.